The van der Waals surface area contributed by atoms with E-state index in [9.17, 15) is 4.39 Å². The molecule has 0 spiro atoms. The summed E-state index contributed by atoms with van der Waals surface area (Å²) in [4.78, 5) is 11.6. The van der Waals surface area contributed by atoms with Crippen molar-refractivity contribution in [3.63, 3.8) is 0 Å². The average Bonchev–Trinajstić information content (AvgIpc) is 2.50. The molecule has 1 aromatic heterocycles. The maximum Gasteiger partial charge on any atom is 0.223 e. The summed E-state index contributed by atoms with van der Waals surface area (Å²) in [6.45, 7) is 10.2. The van der Waals surface area contributed by atoms with Gasteiger partial charge in [-0.15, -0.1) is 0 Å². The maximum absolute atomic E-state index is 13.2. The second-order valence-corrected chi connectivity index (χ2v) is 7.74. The minimum atomic E-state index is -0.215. The van der Waals surface area contributed by atoms with Crippen LogP contribution in [0.4, 0.5) is 10.3 Å². The molecule has 2 rings (SSSR count). The molecule has 0 unspecified atom stereocenters. The van der Waals surface area contributed by atoms with Gasteiger partial charge in [-0.2, -0.15) is 0 Å². The highest BCUT2D eigenvalue weighted by Crippen LogP contribution is 2.28. The molecule has 1 heterocycles. The van der Waals surface area contributed by atoms with E-state index in [0.29, 0.717) is 12.4 Å². The van der Waals surface area contributed by atoms with Gasteiger partial charge >= 0.3 is 0 Å². The van der Waals surface area contributed by atoms with E-state index in [1.165, 1.54) is 12.1 Å². The van der Waals surface area contributed by atoms with Crippen molar-refractivity contribution >= 4 is 5.95 Å². The molecule has 0 aliphatic heterocycles. The van der Waals surface area contributed by atoms with Crippen LogP contribution in [0.1, 0.15) is 43.3 Å². The van der Waals surface area contributed by atoms with Crippen LogP contribution < -0.4 is 5.32 Å². The Bertz CT molecular complexity index is 703. The van der Waals surface area contributed by atoms with Crippen LogP contribution in [0.15, 0.2) is 24.3 Å². The second kappa shape index (κ2) is 7.91. The lowest BCUT2D eigenvalue weighted by molar-refractivity contribution is 0.424. The van der Waals surface area contributed by atoms with E-state index in [2.05, 4.69) is 36.0 Å². The molecule has 0 aliphatic carbocycles. The molecule has 4 nitrogen and oxygen atoms in total. The van der Waals surface area contributed by atoms with E-state index in [1.54, 1.807) is 0 Å². The van der Waals surface area contributed by atoms with Crippen molar-refractivity contribution in [3.05, 3.63) is 52.6 Å². The summed E-state index contributed by atoms with van der Waals surface area (Å²) in [7, 11) is 4.08. The van der Waals surface area contributed by atoms with Gasteiger partial charge in [0.1, 0.15) is 5.82 Å². The van der Waals surface area contributed by atoms with Gasteiger partial charge in [-0.3, -0.25) is 0 Å². The first-order valence-corrected chi connectivity index (χ1v) is 8.68. The van der Waals surface area contributed by atoms with Crippen molar-refractivity contribution in [1.29, 1.82) is 0 Å². The summed E-state index contributed by atoms with van der Waals surface area (Å²) in [5.41, 5.74) is 4.10. The zero-order valence-electron chi connectivity index (χ0n) is 16.2. The Morgan fingerprint density at radius 1 is 1.08 bits per heavy atom. The third-order valence-corrected chi connectivity index (χ3v) is 4.06. The van der Waals surface area contributed by atoms with Crippen LogP contribution in [0.25, 0.3) is 0 Å². The van der Waals surface area contributed by atoms with E-state index in [4.69, 9.17) is 4.98 Å². The predicted molar refractivity (Wildman–Crippen MR) is 102 cm³/mol. The first kappa shape index (κ1) is 19.3. The molecule has 0 fully saturated rings. The average molecular weight is 344 g/mol. The lowest BCUT2D eigenvalue weighted by atomic mass is 9.86. The minimum Gasteiger partial charge on any atom is -0.353 e. The number of rotatable bonds is 6. The highest BCUT2D eigenvalue weighted by molar-refractivity contribution is 5.40. The molecule has 136 valence electrons. The van der Waals surface area contributed by atoms with Crippen LogP contribution in [0.3, 0.4) is 0 Å². The molecule has 0 saturated heterocycles. The van der Waals surface area contributed by atoms with Gasteiger partial charge in [-0.25, -0.2) is 14.4 Å². The van der Waals surface area contributed by atoms with Crippen LogP contribution in [-0.4, -0.2) is 42.1 Å². The van der Waals surface area contributed by atoms with Gasteiger partial charge in [0.25, 0.3) is 0 Å². The topological polar surface area (TPSA) is 41.1 Å². The first-order chi connectivity index (χ1) is 11.7. The monoisotopic (exact) mass is 344 g/mol. The third kappa shape index (κ3) is 5.49. The fourth-order valence-electron chi connectivity index (χ4n) is 2.70. The molecule has 0 saturated carbocycles. The Morgan fingerprint density at radius 2 is 1.72 bits per heavy atom. The van der Waals surface area contributed by atoms with Crippen LogP contribution in [0.5, 0.6) is 0 Å². The largest absolute Gasteiger partial charge is 0.353 e. The number of likely N-dealkylation sites (N-methyl/N-ethyl adjacent to an activating group) is 1. The zero-order chi connectivity index (χ0) is 18.6. The Morgan fingerprint density at radius 3 is 2.28 bits per heavy atom. The normalized spacial score (nSPS) is 11.8. The van der Waals surface area contributed by atoms with E-state index in [1.807, 2.05) is 33.2 Å². The van der Waals surface area contributed by atoms with E-state index in [-0.39, 0.29) is 11.2 Å². The summed E-state index contributed by atoms with van der Waals surface area (Å²) >= 11 is 0. The summed E-state index contributed by atoms with van der Waals surface area (Å²) in [5.74, 6) is 0.459. The molecule has 5 heteroatoms. The maximum atomic E-state index is 13.2. The van der Waals surface area contributed by atoms with Crippen LogP contribution in [0.2, 0.25) is 0 Å². The Labute approximate surface area is 150 Å². The summed E-state index contributed by atoms with van der Waals surface area (Å²) in [6.07, 6.45) is 0.705. The Kier molecular flexibility index (Phi) is 6.11. The van der Waals surface area contributed by atoms with E-state index >= 15 is 0 Å². The Balaban J connectivity index is 2.33. The lowest BCUT2D eigenvalue weighted by Crippen LogP contribution is -2.24. The van der Waals surface area contributed by atoms with Crippen LogP contribution in [-0.2, 0) is 11.8 Å². The molecule has 1 aromatic carbocycles. The van der Waals surface area contributed by atoms with Gasteiger partial charge < -0.3 is 10.2 Å². The number of hydrogen-bond donors (Lipinski definition) is 1. The molecular formula is C20H29FN4. The van der Waals surface area contributed by atoms with Crippen molar-refractivity contribution in [1.82, 2.24) is 14.9 Å². The third-order valence-electron chi connectivity index (χ3n) is 4.06. The fraction of sp³-hybridized carbons (Fsp3) is 0.500. The number of aryl methyl sites for hydroxylation is 1. The van der Waals surface area contributed by atoms with Crippen molar-refractivity contribution in [2.45, 2.75) is 39.5 Å². The van der Waals surface area contributed by atoms with E-state index < -0.39 is 0 Å². The fourth-order valence-corrected chi connectivity index (χ4v) is 2.70. The van der Waals surface area contributed by atoms with E-state index in [0.717, 1.165) is 35.6 Å². The van der Waals surface area contributed by atoms with Gasteiger partial charge in [0.05, 0.1) is 5.69 Å². The first-order valence-electron chi connectivity index (χ1n) is 8.68. The highest BCUT2D eigenvalue weighted by Gasteiger charge is 2.23. The van der Waals surface area contributed by atoms with Crippen molar-refractivity contribution in [2.75, 3.05) is 32.5 Å². The van der Waals surface area contributed by atoms with Crippen molar-refractivity contribution in [2.24, 2.45) is 0 Å². The second-order valence-electron chi connectivity index (χ2n) is 7.74. The highest BCUT2D eigenvalue weighted by atomic mass is 19.1. The van der Waals surface area contributed by atoms with Gasteiger partial charge in [0.2, 0.25) is 5.95 Å². The molecule has 0 atom stereocenters. The number of nitrogens with zero attached hydrogens (tertiary/aromatic N) is 3. The number of anilines is 1. The standard InChI is InChI=1S/C20H29FN4/c1-14-17(13-15-7-9-16(21)10-8-15)18(20(2,3)4)24-19(23-14)22-11-12-25(5)6/h7-10H,11-13H2,1-6H3,(H,22,23,24). The van der Waals surface area contributed by atoms with Gasteiger partial charge in [0.15, 0.2) is 0 Å². The zero-order valence-corrected chi connectivity index (χ0v) is 16.2. The van der Waals surface area contributed by atoms with Gasteiger partial charge in [0, 0.05) is 30.6 Å². The molecule has 0 bridgehead atoms. The van der Waals surface area contributed by atoms with Gasteiger partial charge in [-0.05, 0) is 44.3 Å². The molecule has 0 aliphatic rings. The van der Waals surface area contributed by atoms with Crippen molar-refractivity contribution in [3.8, 4) is 0 Å². The molecule has 1 N–H and O–H groups in total. The Hall–Kier alpha value is -2.01. The van der Waals surface area contributed by atoms with Crippen LogP contribution in [0, 0.1) is 12.7 Å². The summed E-state index contributed by atoms with van der Waals surface area (Å²) < 4.78 is 13.2. The molecule has 25 heavy (non-hydrogen) atoms. The molecule has 0 amide bonds. The SMILES string of the molecule is Cc1nc(NCCN(C)C)nc(C(C)(C)C)c1Cc1ccc(F)cc1. The van der Waals surface area contributed by atoms with Gasteiger partial charge in [-0.1, -0.05) is 32.9 Å². The minimum absolute atomic E-state index is 0.0962. The quantitative estimate of drug-likeness (QED) is 0.866. The number of benzene rings is 1. The number of halogens is 1. The molecule has 2 aromatic rings. The molecule has 0 radical (unpaired) electrons. The summed E-state index contributed by atoms with van der Waals surface area (Å²) in [5, 5.41) is 3.31. The lowest BCUT2D eigenvalue weighted by Gasteiger charge is -2.24. The smallest absolute Gasteiger partial charge is 0.223 e. The summed E-state index contributed by atoms with van der Waals surface area (Å²) in [6, 6.07) is 6.65. The number of nitrogens with one attached hydrogen (secondary N) is 1. The van der Waals surface area contributed by atoms with Crippen molar-refractivity contribution < 1.29 is 4.39 Å². The number of hydrogen-bond acceptors (Lipinski definition) is 4. The molecular weight excluding hydrogens is 315 g/mol. The van der Waals surface area contributed by atoms with Crippen LogP contribution >= 0.6 is 0 Å². The number of aromatic nitrogens is 2. The predicted octanol–water partition coefficient (Wildman–Crippen LogP) is 3.79.